The molecule has 4 nitrogen and oxygen atoms in total. The minimum absolute atomic E-state index is 0.0725. The zero-order valence-electron chi connectivity index (χ0n) is 14.1. The van der Waals surface area contributed by atoms with Crippen LogP contribution >= 0.6 is 0 Å². The minimum atomic E-state index is -0.276. The quantitative estimate of drug-likeness (QED) is 0.842. The van der Waals surface area contributed by atoms with E-state index in [-0.39, 0.29) is 17.8 Å². The summed E-state index contributed by atoms with van der Waals surface area (Å²) in [4.78, 5) is 12.2. The van der Waals surface area contributed by atoms with Crippen LogP contribution in [0.5, 0.6) is 11.5 Å². The second-order valence-corrected chi connectivity index (χ2v) is 5.52. The molecular weight excluding hydrogens is 309 g/mol. The molecule has 0 fully saturated rings. The third kappa shape index (κ3) is 4.72. The molecule has 0 unspecified atom stereocenters. The zero-order valence-corrected chi connectivity index (χ0v) is 14.1. The topological polar surface area (TPSA) is 47.6 Å². The van der Waals surface area contributed by atoms with E-state index in [0.717, 1.165) is 11.1 Å². The summed E-state index contributed by atoms with van der Waals surface area (Å²) in [6, 6.07) is 11.4. The molecule has 5 heteroatoms. The fourth-order valence-corrected chi connectivity index (χ4v) is 2.48. The monoisotopic (exact) mass is 331 g/mol. The molecule has 128 valence electrons. The highest BCUT2D eigenvalue weighted by atomic mass is 19.1. The molecule has 2 aromatic rings. The first kappa shape index (κ1) is 17.8. The van der Waals surface area contributed by atoms with Gasteiger partial charge in [-0.15, -0.1) is 0 Å². The van der Waals surface area contributed by atoms with Crippen molar-refractivity contribution in [3.05, 3.63) is 59.4 Å². The van der Waals surface area contributed by atoms with Crippen molar-refractivity contribution in [2.45, 2.75) is 25.8 Å². The van der Waals surface area contributed by atoms with Gasteiger partial charge in [0, 0.05) is 12.0 Å². The average molecular weight is 331 g/mol. The summed E-state index contributed by atoms with van der Waals surface area (Å²) in [6.45, 7) is 1.90. The summed E-state index contributed by atoms with van der Waals surface area (Å²) in [5.41, 5.74) is 1.78. The van der Waals surface area contributed by atoms with Crippen molar-refractivity contribution in [1.29, 1.82) is 0 Å². The molecule has 0 aromatic heterocycles. The van der Waals surface area contributed by atoms with E-state index in [9.17, 15) is 9.18 Å². The molecule has 24 heavy (non-hydrogen) atoms. The van der Waals surface area contributed by atoms with E-state index in [1.54, 1.807) is 26.4 Å². The zero-order chi connectivity index (χ0) is 17.5. The van der Waals surface area contributed by atoms with Gasteiger partial charge < -0.3 is 14.8 Å². The molecule has 0 heterocycles. The maximum Gasteiger partial charge on any atom is 0.220 e. The molecule has 0 bridgehead atoms. The van der Waals surface area contributed by atoms with Crippen molar-refractivity contribution in [3.63, 3.8) is 0 Å². The summed E-state index contributed by atoms with van der Waals surface area (Å²) in [7, 11) is 3.19. The van der Waals surface area contributed by atoms with Crippen LogP contribution < -0.4 is 14.8 Å². The van der Waals surface area contributed by atoms with Crippen molar-refractivity contribution >= 4 is 5.91 Å². The molecule has 0 radical (unpaired) electrons. The maximum atomic E-state index is 12.9. The average Bonchev–Trinajstić information content (AvgIpc) is 2.60. The summed E-state index contributed by atoms with van der Waals surface area (Å²) >= 11 is 0. The number of benzene rings is 2. The number of amides is 1. The van der Waals surface area contributed by atoms with Crippen LogP contribution in [0.1, 0.15) is 30.5 Å². The smallest absolute Gasteiger partial charge is 0.220 e. The van der Waals surface area contributed by atoms with Crippen LogP contribution in [0.15, 0.2) is 42.5 Å². The van der Waals surface area contributed by atoms with E-state index in [2.05, 4.69) is 5.32 Å². The van der Waals surface area contributed by atoms with E-state index < -0.39 is 0 Å². The predicted octanol–water partition coefficient (Wildman–Crippen LogP) is 3.65. The molecule has 1 atom stereocenters. The normalized spacial score (nSPS) is 11.7. The van der Waals surface area contributed by atoms with Crippen LogP contribution in [0, 0.1) is 5.82 Å². The summed E-state index contributed by atoms with van der Waals surface area (Å²) in [5, 5.41) is 2.96. The molecule has 1 N–H and O–H groups in total. The van der Waals surface area contributed by atoms with Crippen molar-refractivity contribution in [2.75, 3.05) is 14.2 Å². The van der Waals surface area contributed by atoms with Gasteiger partial charge in [-0.05, 0) is 49.2 Å². The van der Waals surface area contributed by atoms with Crippen LogP contribution in [-0.4, -0.2) is 20.1 Å². The van der Waals surface area contributed by atoms with E-state index >= 15 is 0 Å². The molecule has 0 aliphatic heterocycles. The number of carbonyl (C=O) groups is 1. The van der Waals surface area contributed by atoms with Crippen molar-refractivity contribution in [3.8, 4) is 11.5 Å². The van der Waals surface area contributed by atoms with Crippen molar-refractivity contribution < 1.29 is 18.7 Å². The van der Waals surface area contributed by atoms with Crippen LogP contribution in [0.25, 0.3) is 0 Å². The molecule has 0 spiro atoms. The van der Waals surface area contributed by atoms with Gasteiger partial charge in [0.2, 0.25) is 5.91 Å². The lowest BCUT2D eigenvalue weighted by Gasteiger charge is -2.18. The lowest BCUT2D eigenvalue weighted by atomic mass is 10.1. The van der Waals surface area contributed by atoms with Crippen molar-refractivity contribution in [2.24, 2.45) is 0 Å². The predicted molar refractivity (Wildman–Crippen MR) is 90.8 cm³/mol. The number of methoxy groups -OCH3 is 2. The van der Waals surface area contributed by atoms with E-state index in [0.29, 0.717) is 24.3 Å². The third-order valence-electron chi connectivity index (χ3n) is 3.83. The van der Waals surface area contributed by atoms with Gasteiger partial charge in [-0.3, -0.25) is 4.79 Å². The lowest BCUT2D eigenvalue weighted by molar-refractivity contribution is -0.121. The summed E-state index contributed by atoms with van der Waals surface area (Å²) in [6.07, 6.45) is 0.899. The Morgan fingerprint density at radius 3 is 2.46 bits per heavy atom. The van der Waals surface area contributed by atoms with Gasteiger partial charge in [0.25, 0.3) is 0 Å². The second-order valence-electron chi connectivity index (χ2n) is 5.52. The Hall–Kier alpha value is -2.56. The Balaban J connectivity index is 1.97. The van der Waals surface area contributed by atoms with Gasteiger partial charge in [0.15, 0.2) is 0 Å². The number of nitrogens with one attached hydrogen (secondary N) is 1. The highest BCUT2D eigenvalue weighted by Gasteiger charge is 2.15. The Morgan fingerprint density at radius 1 is 1.12 bits per heavy atom. The molecule has 2 aromatic carbocycles. The van der Waals surface area contributed by atoms with Gasteiger partial charge in [0.1, 0.15) is 17.3 Å². The van der Waals surface area contributed by atoms with Crippen LogP contribution in [-0.2, 0) is 11.2 Å². The van der Waals surface area contributed by atoms with E-state index in [1.165, 1.54) is 12.1 Å². The second kappa shape index (κ2) is 8.34. The SMILES string of the molecule is COc1ccc(OC)c([C@H](C)NC(=O)CCc2ccc(F)cc2)c1. The number of aryl methyl sites for hydroxylation is 1. The Morgan fingerprint density at radius 2 is 1.83 bits per heavy atom. The molecule has 1 amide bonds. The number of hydrogen-bond donors (Lipinski definition) is 1. The molecule has 0 saturated heterocycles. The van der Waals surface area contributed by atoms with Crippen molar-refractivity contribution in [1.82, 2.24) is 5.32 Å². The summed E-state index contributed by atoms with van der Waals surface area (Å²) < 4.78 is 23.4. The minimum Gasteiger partial charge on any atom is -0.497 e. The first-order valence-corrected chi connectivity index (χ1v) is 7.79. The number of hydrogen-bond acceptors (Lipinski definition) is 3. The molecule has 0 saturated carbocycles. The molecule has 0 aliphatic carbocycles. The van der Waals surface area contributed by atoms with Gasteiger partial charge in [-0.25, -0.2) is 4.39 Å². The fraction of sp³-hybridized carbons (Fsp3) is 0.316. The molecular formula is C19H22FNO3. The largest absolute Gasteiger partial charge is 0.497 e. The summed E-state index contributed by atoms with van der Waals surface area (Å²) in [5.74, 6) is 1.05. The number of halogens is 1. The highest BCUT2D eigenvalue weighted by molar-refractivity contribution is 5.76. The first-order valence-electron chi connectivity index (χ1n) is 7.79. The number of ether oxygens (including phenoxy) is 2. The van der Waals surface area contributed by atoms with Gasteiger partial charge in [-0.1, -0.05) is 12.1 Å². The van der Waals surface area contributed by atoms with Crippen LogP contribution in [0.2, 0.25) is 0 Å². The van der Waals surface area contributed by atoms with Crippen LogP contribution in [0.4, 0.5) is 4.39 Å². The molecule has 2 rings (SSSR count). The molecule has 0 aliphatic rings. The van der Waals surface area contributed by atoms with Gasteiger partial charge in [0.05, 0.1) is 20.3 Å². The fourth-order valence-electron chi connectivity index (χ4n) is 2.48. The highest BCUT2D eigenvalue weighted by Crippen LogP contribution is 2.29. The van der Waals surface area contributed by atoms with E-state index in [1.807, 2.05) is 25.1 Å². The number of rotatable bonds is 7. The van der Waals surface area contributed by atoms with E-state index in [4.69, 9.17) is 9.47 Å². The maximum absolute atomic E-state index is 12.9. The van der Waals surface area contributed by atoms with Crippen LogP contribution in [0.3, 0.4) is 0 Å². The number of carbonyl (C=O) groups excluding carboxylic acids is 1. The van der Waals surface area contributed by atoms with Gasteiger partial charge >= 0.3 is 0 Å². The lowest BCUT2D eigenvalue weighted by Crippen LogP contribution is -2.27. The Labute approximate surface area is 141 Å². The Bertz CT molecular complexity index is 686. The van der Waals surface area contributed by atoms with Gasteiger partial charge in [-0.2, -0.15) is 0 Å². The first-order chi connectivity index (χ1) is 11.5. The Kier molecular flexibility index (Phi) is 6.18. The standard InChI is InChI=1S/C19H22FNO3/c1-13(17-12-16(23-2)9-10-18(17)24-3)21-19(22)11-6-14-4-7-15(20)8-5-14/h4-5,7-10,12-13H,6,11H2,1-3H3,(H,21,22)/t13-/m0/s1. The third-order valence-corrected chi connectivity index (χ3v) is 3.83.